The molecule has 0 saturated carbocycles. The molecule has 150 valence electrons. The van der Waals surface area contributed by atoms with Crippen molar-refractivity contribution in [3.63, 3.8) is 0 Å². The molecule has 0 radical (unpaired) electrons. The summed E-state index contributed by atoms with van der Waals surface area (Å²) < 4.78 is 1.37. The Morgan fingerprint density at radius 3 is 1.36 bits per heavy atom. The molecule has 0 atom stereocenters. The molecule has 0 spiro atoms. The number of hydrogen-bond donors (Lipinski definition) is 1. The van der Waals surface area contributed by atoms with Gasteiger partial charge in [0.2, 0.25) is 0 Å². The summed E-state index contributed by atoms with van der Waals surface area (Å²) in [4.78, 5) is 10.5. The Kier molecular flexibility index (Phi) is 16.5. The van der Waals surface area contributed by atoms with E-state index in [1.165, 1.54) is 101 Å². The summed E-state index contributed by atoms with van der Waals surface area (Å²) in [5.74, 6) is -0.652. The van der Waals surface area contributed by atoms with Gasteiger partial charge >= 0.3 is 5.97 Å². The van der Waals surface area contributed by atoms with Gasteiger partial charge in [-0.1, -0.05) is 65.7 Å². The Hall–Kier alpha value is -0.570. The predicted molar refractivity (Wildman–Crippen MR) is 109 cm³/mol. The van der Waals surface area contributed by atoms with Crippen molar-refractivity contribution in [2.45, 2.75) is 111 Å². The molecule has 0 rings (SSSR count). The largest absolute Gasteiger partial charge is 0.481 e. The predicted octanol–water partition coefficient (Wildman–Crippen LogP) is 6.41. The molecule has 1 N–H and O–H groups in total. The second-order valence-corrected chi connectivity index (χ2v) is 7.92. The van der Waals surface area contributed by atoms with Gasteiger partial charge in [0.1, 0.15) is 0 Å². The van der Waals surface area contributed by atoms with Gasteiger partial charge in [0.05, 0.1) is 26.2 Å². The first-order chi connectivity index (χ1) is 12.1. The Morgan fingerprint density at radius 1 is 0.600 bits per heavy atom. The van der Waals surface area contributed by atoms with Crippen molar-refractivity contribution < 1.29 is 14.4 Å². The zero-order valence-corrected chi connectivity index (χ0v) is 17.5. The van der Waals surface area contributed by atoms with Crippen LogP contribution in [-0.2, 0) is 4.79 Å². The first-order valence-corrected chi connectivity index (χ1v) is 11.2. The van der Waals surface area contributed by atoms with E-state index in [0.717, 1.165) is 12.8 Å². The zero-order valence-electron chi connectivity index (χ0n) is 17.5. The van der Waals surface area contributed by atoms with Crippen LogP contribution in [0.2, 0.25) is 0 Å². The molecule has 0 unspecified atom stereocenters. The van der Waals surface area contributed by atoms with Gasteiger partial charge in [-0.25, -0.2) is 0 Å². The van der Waals surface area contributed by atoms with Crippen LogP contribution in [0.4, 0.5) is 0 Å². The number of rotatable bonds is 19. The van der Waals surface area contributed by atoms with E-state index in [9.17, 15) is 4.79 Å². The van der Waals surface area contributed by atoms with Crippen molar-refractivity contribution >= 4 is 5.97 Å². The second kappa shape index (κ2) is 16.9. The molecule has 25 heavy (non-hydrogen) atoms. The Balaban J connectivity index is 4.07. The van der Waals surface area contributed by atoms with Gasteiger partial charge in [-0.3, -0.25) is 4.79 Å². The third kappa shape index (κ3) is 14.3. The topological polar surface area (TPSA) is 37.3 Å². The summed E-state index contributed by atoms with van der Waals surface area (Å²) in [6, 6.07) is 0. The highest BCUT2D eigenvalue weighted by molar-refractivity contribution is 5.66. The Bertz CT molecular complexity index is 283. The lowest BCUT2D eigenvalue weighted by Crippen LogP contribution is -2.50. The van der Waals surface area contributed by atoms with Crippen LogP contribution < -0.4 is 0 Å². The normalized spacial score (nSPS) is 11.8. The van der Waals surface area contributed by atoms with E-state index in [1.807, 2.05) is 0 Å². The molecule has 0 saturated heterocycles. The fraction of sp³-hybridized carbons (Fsp3) is 0.955. The van der Waals surface area contributed by atoms with Crippen LogP contribution in [-0.4, -0.2) is 41.7 Å². The zero-order chi connectivity index (χ0) is 18.8. The first-order valence-electron chi connectivity index (χ1n) is 11.2. The van der Waals surface area contributed by atoms with Gasteiger partial charge in [-0.15, -0.1) is 0 Å². The van der Waals surface area contributed by atoms with Crippen molar-refractivity contribution in [2.75, 3.05) is 26.2 Å². The third-order valence-electron chi connectivity index (χ3n) is 5.48. The minimum atomic E-state index is -0.652. The first kappa shape index (κ1) is 24.4. The maximum atomic E-state index is 10.5. The number of quaternary nitrogens is 1. The molecule has 0 aromatic carbocycles. The number of carboxylic acid groups (broad SMARTS) is 1. The highest BCUT2D eigenvalue weighted by Gasteiger charge is 2.24. The summed E-state index contributed by atoms with van der Waals surface area (Å²) in [6.07, 6.45) is 16.8. The molecular formula is C22H46NO2+. The summed E-state index contributed by atoms with van der Waals surface area (Å²) in [7, 11) is 0. The Labute approximate surface area is 157 Å². The lowest BCUT2D eigenvalue weighted by Gasteiger charge is -2.39. The number of nitrogens with zero attached hydrogens (tertiary/aromatic N) is 1. The lowest BCUT2D eigenvalue weighted by atomic mass is 10.1. The van der Waals surface area contributed by atoms with E-state index < -0.39 is 5.97 Å². The summed E-state index contributed by atoms with van der Waals surface area (Å²) in [5, 5.41) is 8.65. The molecular weight excluding hydrogens is 310 g/mol. The highest BCUT2D eigenvalue weighted by atomic mass is 16.4. The molecule has 3 nitrogen and oxygen atoms in total. The molecule has 0 aromatic rings. The van der Waals surface area contributed by atoms with Crippen molar-refractivity contribution in [1.29, 1.82) is 0 Å². The van der Waals surface area contributed by atoms with E-state index in [0.29, 0.717) is 6.42 Å². The van der Waals surface area contributed by atoms with E-state index in [2.05, 4.69) is 20.8 Å². The van der Waals surface area contributed by atoms with Crippen LogP contribution in [0.3, 0.4) is 0 Å². The Morgan fingerprint density at radius 2 is 0.960 bits per heavy atom. The minimum Gasteiger partial charge on any atom is -0.481 e. The van der Waals surface area contributed by atoms with E-state index in [1.54, 1.807) is 0 Å². The van der Waals surface area contributed by atoms with Crippen molar-refractivity contribution in [1.82, 2.24) is 0 Å². The fourth-order valence-corrected chi connectivity index (χ4v) is 3.76. The van der Waals surface area contributed by atoms with Gasteiger partial charge in [-0.2, -0.15) is 0 Å². The molecule has 0 aliphatic carbocycles. The number of hydrogen-bond acceptors (Lipinski definition) is 1. The standard InChI is InChI=1S/C22H45NO2/c1-4-7-18-23(19-8-5-2,20-9-6-3)21-16-14-12-10-11-13-15-17-22(24)25/h4-21H2,1-3H3/p+1. The summed E-state index contributed by atoms with van der Waals surface area (Å²) in [5.41, 5.74) is 0. The van der Waals surface area contributed by atoms with Gasteiger partial charge in [0.25, 0.3) is 0 Å². The smallest absolute Gasteiger partial charge is 0.303 e. The SMILES string of the molecule is CCCC[N+](CCCC)(CCCC)CCCCCCCCCC(=O)O. The molecule has 0 aliphatic heterocycles. The monoisotopic (exact) mass is 356 g/mol. The van der Waals surface area contributed by atoms with Crippen molar-refractivity contribution in [2.24, 2.45) is 0 Å². The van der Waals surface area contributed by atoms with E-state index in [-0.39, 0.29) is 0 Å². The van der Waals surface area contributed by atoms with Crippen LogP contribution in [0, 0.1) is 0 Å². The molecule has 0 bridgehead atoms. The summed E-state index contributed by atoms with van der Waals surface area (Å²) in [6.45, 7) is 12.5. The van der Waals surface area contributed by atoms with Crippen LogP contribution >= 0.6 is 0 Å². The lowest BCUT2D eigenvalue weighted by molar-refractivity contribution is -0.929. The van der Waals surface area contributed by atoms with Crippen molar-refractivity contribution in [3.05, 3.63) is 0 Å². The van der Waals surface area contributed by atoms with Gasteiger partial charge in [0.15, 0.2) is 0 Å². The maximum absolute atomic E-state index is 10.5. The molecule has 0 aliphatic rings. The molecule has 0 fully saturated rings. The second-order valence-electron chi connectivity index (χ2n) is 7.92. The summed E-state index contributed by atoms with van der Waals surface area (Å²) >= 11 is 0. The number of carbonyl (C=O) groups is 1. The number of unbranched alkanes of at least 4 members (excludes halogenated alkanes) is 9. The van der Waals surface area contributed by atoms with Gasteiger partial charge in [0, 0.05) is 6.42 Å². The van der Waals surface area contributed by atoms with Gasteiger partial charge < -0.3 is 9.59 Å². The fourth-order valence-electron chi connectivity index (χ4n) is 3.76. The third-order valence-corrected chi connectivity index (χ3v) is 5.48. The highest BCUT2D eigenvalue weighted by Crippen LogP contribution is 2.18. The average Bonchev–Trinajstić information content (AvgIpc) is 2.60. The maximum Gasteiger partial charge on any atom is 0.303 e. The van der Waals surface area contributed by atoms with Crippen LogP contribution in [0.15, 0.2) is 0 Å². The van der Waals surface area contributed by atoms with Crippen molar-refractivity contribution in [3.8, 4) is 0 Å². The molecule has 0 aromatic heterocycles. The van der Waals surface area contributed by atoms with E-state index >= 15 is 0 Å². The average molecular weight is 357 g/mol. The quantitative estimate of drug-likeness (QED) is 0.214. The van der Waals surface area contributed by atoms with Crippen LogP contribution in [0.5, 0.6) is 0 Å². The molecule has 0 heterocycles. The van der Waals surface area contributed by atoms with Gasteiger partial charge in [-0.05, 0) is 38.5 Å². The van der Waals surface area contributed by atoms with E-state index in [4.69, 9.17) is 5.11 Å². The number of aliphatic carboxylic acids is 1. The van der Waals surface area contributed by atoms with Crippen LogP contribution in [0.1, 0.15) is 111 Å². The minimum absolute atomic E-state index is 0.340. The molecule has 3 heteroatoms. The number of carboxylic acids is 1. The molecule has 0 amide bonds. The van der Waals surface area contributed by atoms with Crippen LogP contribution in [0.25, 0.3) is 0 Å².